The first kappa shape index (κ1) is 22.8. The zero-order valence-electron chi connectivity index (χ0n) is 21.6. The Hall–Kier alpha value is -0.610. The van der Waals surface area contributed by atoms with Crippen LogP contribution in [0.25, 0.3) is 0 Å². The first-order chi connectivity index (χ1) is 15.7. The molecule has 186 valence electrons. The second-order valence-corrected chi connectivity index (χ2v) is 13.7. The largest absolute Gasteiger partial charge is 0.463 e. The molecule has 0 aromatic carbocycles. The van der Waals surface area contributed by atoms with E-state index in [-0.39, 0.29) is 17.9 Å². The van der Waals surface area contributed by atoms with Crippen LogP contribution >= 0.6 is 0 Å². The minimum atomic E-state index is -0.309. The van der Waals surface area contributed by atoms with Crippen molar-refractivity contribution in [3.05, 3.63) is 0 Å². The molecule has 0 N–H and O–H groups in total. The lowest BCUT2D eigenvalue weighted by atomic mass is 9.44. The van der Waals surface area contributed by atoms with Crippen molar-refractivity contribution in [2.75, 3.05) is 6.61 Å². The smallest absolute Gasteiger partial charge is 0.302 e. The van der Waals surface area contributed by atoms with Gasteiger partial charge in [0.25, 0.3) is 0 Å². The first-order valence-corrected chi connectivity index (χ1v) is 14.2. The summed E-state index contributed by atoms with van der Waals surface area (Å²) in [6.45, 7) is 12.4. The molecule has 12 atom stereocenters. The van der Waals surface area contributed by atoms with Gasteiger partial charge >= 0.3 is 5.97 Å². The number of fused-ring (bicyclic) bond motifs is 7. The third kappa shape index (κ3) is 3.25. The molecular weight excluding hydrogens is 412 g/mol. The highest BCUT2D eigenvalue weighted by Gasteiger charge is 2.69. The maximum Gasteiger partial charge on any atom is 0.302 e. The van der Waals surface area contributed by atoms with E-state index in [1.165, 1.54) is 44.9 Å². The Kier molecular flexibility index (Phi) is 5.32. The monoisotopic (exact) mass is 458 g/mol. The van der Waals surface area contributed by atoms with E-state index in [0.717, 1.165) is 49.5 Å². The van der Waals surface area contributed by atoms with Gasteiger partial charge in [-0.3, -0.25) is 4.79 Å². The normalized spacial score (nSPS) is 57.7. The third-order valence-electron chi connectivity index (χ3n) is 12.2. The van der Waals surface area contributed by atoms with E-state index < -0.39 is 0 Å². The van der Waals surface area contributed by atoms with Crippen LogP contribution in [-0.4, -0.2) is 30.6 Å². The number of ether oxygens (including phenoxy) is 3. The molecule has 0 aromatic heterocycles. The van der Waals surface area contributed by atoms with Crippen LogP contribution in [0.5, 0.6) is 0 Å². The van der Waals surface area contributed by atoms with E-state index in [4.69, 9.17) is 14.2 Å². The molecule has 33 heavy (non-hydrogen) atoms. The van der Waals surface area contributed by atoms with Gasteiger partial charge in [-0.2, -0.15) is 0 Å². The molecule has 4 saturated carbocycles. The summed E-state index contributed by atoms with van der Waals surface area (Å²) in [5, 5.41) is 0. The Bertz CT molecular complexity index is 786. The zero-order valence-corrected chi connectivity index (χ0v) is 21.6. The predicted molar refractivity (Wildman–Crippen MR) is 127 cm³/mol. The second-order valence-electron chi connectivity index (χ2n) is 13.7. The number of carbonyl (C=O) groups excluding carboxylic acids is 1. The van der Waals surface area contributed by atoms with Gasteiger partial charge in [-0.05, 0) is 104 Å². The molecule has 2 heterocycles. The van der Waals surface area contributed by atoms with Gasteiger partial charge in [-0.15, -0.1) is 0 Å². The van der Waals surface area contributed by atoms with Gasteiger partial charge in [0.2, 0.25) is 0 Å². The van der Waals surface area contributed by atoms with Crippen LogP contribution in [0.4, 0.5) is 0 Å². The average molecular weight is 459 g/mol. The van der Waals surface area contributed by atoms with Crippen LogP contribution in [0.3, 0.4) is 0 Å². The molecular formula is C29H46O4. The molecule has 4 nitrogen and oxygen atoms in total. The molecule has 2 saturated heterocycles. The third-order valence-corrected chi connectivity index (χ3v) is 12.2. The molecule has 6 rings (SSSR count). The quantitative estimate of drug-likeness (QED) is 0.429. The number of esters is 1. The summed E-state index contributed by atoms with van der Waals surface area (Å²) in [5.41, 5.74) is 0.713. The Balaban J connectivity index is 1.24. The van der Waals surface area contributed by atoms with Crippen molar-refractivity contribution in [1.82, 2.24) is 0 Å². The summed E-state index contributed by atoms with van der Waals surface area (Å²) >= 11 is 0. The van der Waals surface area contributed by atoms with Crippen LogP contribution in [0, 0.1) is 52.3 Å². The Morgan fingerprint density at radius 2 is 1.73 bits per heavy atom. The SMILES string of the molecule is CC(=O)OC1CCC2CC[C@H]3[C@@H]4C[C@@H]5O[C@]6(CCC(C)CO6)[C@@H](C)[C@@H]5[C@@]4(C)CC[C@@H]3[C@@]2(C)C1. The molecule has 0 amide bonds. The van der Waals surface area contributed by atoms with Gasteiger partial charge in [0.15, 0.2) is 5.79 Å². The van der Waals surface area contributed by atoms with Gasteiger partial charge in [0.1, 0.15) is 6.10 Å². The zero-order chi connectivity index (χ0) is 23.2. The Morgan fingerprint density at radius 1 is 0.939 bits per heavy atom. The average Bonchev–Trinajstić information content (AvgIpc) is 3.20. The molecule has 4 heteroatoms. The fourth-order valence-electron chi connectivity index (χ4n) is 10.7. The standard InChI is InChI=1S/C29H46O4/c1-17-10-13-29(31-16-17)18(2)26-25(33-29)14-24-22-9-7-20-6-8-21(32-19(3)30)15-28(20,5)23(22)11-12-27(24,26)4/h17-18,20-26H,6-16H2,1-5H3/t17?,18-,20?,21?,22+,23-,24-,25-,26-,27-,28-,29+/m0/s1. The van der Waals surface area contributed by atoms with Gasteiger partial charge in [0, 0.05) is 19.3 Å². The molecule has 0 aromatic rings. The molecule has 6 aliphatic rings. The summed E-state index contributed by atoms with van der Waals surface area (Å²) in [4.78, 5) is 11.7. The van der Waals surface area contributed by atoms with Crippen LogP contribution in [-0.2, 0) is 19.0 Å². The summed E-state index contributed by atoms with van der Waals surface area (Å²) in [5.74, 6) is 4.57. The minimum Gasteiger partial charge on any atom is -0.463 e. The summed E-state index contributed by atoms with van der Waals surface area (Å²) < 4.78 is 19.2. The van der Waals surface area contributed by atoms with Crippen LogP contribution < -0.4 is 0 Å². The van der Waals surface area contributed by atoms with E-state index in [2.05, 4.69) is 27.7 Å². The van der Waals surface area contributed by atoms with Crippen molar-refractivity contribution in [3.8, 4) is 0 Å². The van der Waals surface area contributed by atoms with Crippen molar-refractivity contribution in [3.63, 3.8) is 0 Å². The topological polar surface area (TPSA) is 44.8 Å². The summed E-state index contributed by atoms with van der Waals surface area (Å²) in [6.07, 6.45) is 12.9. The molecule has 0 radical (unpaired) electrons. The fraction of sp³-hybridized carbons (Fsp3) is 0.966. The van der Waals surface area contributed by atoms with Gasteiger partial charge in [-0.1, -0.05) is 27.7 Å². The highest BCUT2D eigenvalue weighted by atomic mass is 16.7. The predicted octanol–water partition coefficient (Wildman–Crippen LogP) is 6.36. The molecule has 6 fully saturated rings. The van der Waals surface area contributed by atoms with Gasteiger partial charge in [0.05, 0.1) is 12.7 Å². The maximum absolute atomic E-state index is 11.7. The lowest BCUT2D eigenvalue weighted by Gasteiger charge is -2.61. The van der Waals surface area contributed by atoms with E-state index in [9.17, 15) is 4.79 Å². The number of rotatable bonds is 1. The highest BCUT2D eigenvalue weighted by molar-refractivity contribution is 5.66. The molecule has 4 aliphatic carbocycles. The van der Waals surface area contributed by atoms with E-state index in [0.29, 0.717) is 34.7 Å². The molecule has 1 spiro atoms. The lowest BCUT2D eigenvalue weighted by molar-refractivity contribution is -0.273. The lowest BCUT2D eigenvalue weighted by Crippen LogP contribution is -2.55. The Labute approximate surface area is 200 Å². The van der Waals surface area contributed by atoms with E-state index in [1.54, 1.807) is 6.92 Å². The highest BCUT2D eigenvalue weighted by Crippen LogP contribution is 2.71. The molecule has 0 bridgehead atoms. The number of carbonyl (C=O) groups is 1. The minimum absolute atomic E-state index is 0.103. The van der Waals surface area contributed by atoms with E-state index >= 15 is 0 Å². The second kappa shape index (κ2) is 7.69. The van der Waals surface area contributed by atoms with Crippen molar-refractivity contribution in [2.24, 2.45) is 52.3 Å². The number of hydrogen-bond acceptors (Lipinski definition) is 4. The first-order valence-electron chi connectivity index (χ1n) is 14.2. The summed E-state index contributed by atoms with van der Waals surface area (Å²) in [7, 11) is 0. The van der Waals surface area contributed by atoms with Crippen molar-refractivity contribution in [1.29, 1.82) is 0 Å². The van der Waals surface area contributed by atoms with E-state index in [1.807, 2.05) is 0 Å². The molecule has 3 unspecified atom stereocenters. The van der Waals surface area contributed by atoms with Crippen molar-refractivity contribution >= 4 is 5.97 Å². The van der Waals surface area contributed by atoms with Crippen molar-refractivity contribution < 1.29 is 19.0 Å². The van der Waals surface area contributed by atoms with Crippen LogP contribution in [0.1, 0.15) is 98.8 Å². The van der Waals surface area contributed by atoms with Gasteiger partial charge in [-0.25, -0.2) is 0 Å². The number of hydrogen-bond donors (Lipinski definition) is 0. The van der Waals surface area contributed by atoms with Crippen LogP contribution in [0.2, 0.25) is 0 Å². The molecule has 2 aliphatic heterocycles. The maximum atomic E-state index is 11.7. The Morgan fingerprint density at radius 3 is 2.45 bits per heavy atom. The summed E-state index contributed by atoms with van der Waals surface area (Å²) in [6, 6.07) is 0. The van der Waals surface area contributed by atoms with Crippen molar-refractivity contribution in [2.45, 2.75) is 117 Å². The fourth-order valence-corrected chi connectivity index (χ4v) is 10.7. The van der Waals surface area contributed by atoms with Crippen LogP contribution in [0.15, 0.2) is 0 Å². The van der Waals surface area contributed by atoms with Gasteiger partial charge < -0.3 is 14.2 Å².